The highest BCUT2D eigenvalue weighted by molar-refractivity contribution is 5.89. The largest absolute Gasteiger partial charge is 0.299 e. The first-order valence-electron chi connectivity index (χ1n) is 7.27. The highest BCUT2D eigenvalue weighted by Gasteiger charge is 2.37. The molecule has 5 heteroatoms. The molecule has 1 aromatic heterocycles. The molecule has 0 saturated heterocycles. The minimum atomic E-state index is -2.59. The Balaban J connectivity index is 1.75. The molecule has 0 unspecified atom stereocenters. The molecule has 0 aliphatic heterocycles. The molecule has 0 bridgehead atoms. The van der Waals surface area contributed by atoms with Crippen LogP contribution in [-0.2, 0) is 18.3 Å². The Morgan fingerprint density at radius 3 is 2.71 bits per heavy atom. The zero-order valence-corrected chi connectivity index (χ0v) is 12.0. The normalized spacial score (nSPS) is 19.0. The van der Waals surface area contributed by atoms with E-state index in [1.165, 1.54) is 0 Å². The van der Waals surface area contributed by atoms with Crippen molar-refractivity contribution in [1.29, 1.82) is 0 Å². The van der Waals surface area contributed by atoms with E-state index in [2.05, 4.69) is 5.10 Å². The number of alkyl halides is 2. The maximum atomic E-state index is 13.2. The predicted octanol–water partition coefficient (Wildman–Crippen LogP) is 3.51. The third kappa shape index (κ3) is 2.82. The van der Waals surface area contributed by atoms with E-state index in [-0.39, 0.29) is 43.8 Å². The van der Waals surface area contributed by atoms with E-state index in [1.54, 1.807) is 4.68 Å². The number of fused-ring (bicyclic) bond motifs is 1. The molecule has 1 aliphatic rings. The highest BCUT2D eigenvalue weighted by atomic mass is 19.3. The number of carbonyl (C=O) groups is 1. The molecule has 3 nitrogen and oxygen atoms in total. The summed E-state index contributed by atoms with van der Waals surface area (Å²) in [7, 11) is 1.84. The van der Waals surface area contributed by atoms with Crippen molar-refractivity contribution in [3.8, 4) is 0 Å². The van der Waals surface area contributed by atoms with Crippen LogP contribution in [0.2, 0.25) is 0 Å². The third-order valence-corrected chi connectivity index (χ3v) is 4.35. The van der Waals surface area contributed by atoms with E-state index < -0.39 is 5.92 Å². The van der Waals surface area contributed by atoms with Crippen LogP contribution in [0.3, 0.4) is 0 Å². The second kappa shape index (κ2) is 5.20. The molecule has 1 saturated carbocycles. The molecule has 1 aromatic carbocycles. The summed E-state index contributed by atoms with van der Waals surface area (Å²) in [4.78, 5) is 12.3. The van der Waals surface area contributed by atoms with Gasteiger partial charge in [0.15, 0.2) is 0 Å². The molecule has 1 aliphatic carbocycles. The fourth-order valence-corrected chi connectivity index (χ4v) is 3.09. The van der Waals surface area contributed by atoms with Crippen molar-refractivity contribution < 1.29 is 13.6 Å². The van der Waals surface area contributed by atoms with Gasteiger partial charge in [0.1, 0.15) is 5.78 Å². The zero-order valence-electron chi connectivity index (χ0n) is 12.0. The Bertz CT molecular complexity index is 668. The Hall–Kier alpha value is -1.78. The highest BCUT2D eigenvalue weighted by Crippen LogP contribution is 2.37. The van der Waals surface area contributed by atoms with Crippen molar-refractivity contribution >= 4 is 16.7 Å². The van der Waals surface area contributed by atoms with Crippen LogP contribution in [0.4, 0.5) is 8.78 Å². The predicted molar refractivity (Wildman–Crippen MR) is 76.3 cm³/mol. The van der Waals surface area contributed by atoms with Gasteiger partial charge in [-0.2, -0.15) is 5.10 Å². The Labute approximate surface area is 121 Å². The number of para-hydroxylation sites is 1. The van der Waals surface area contributed by atoms with Gasteiger partial charge >= 0.3 is 0 Å². The van der Waals surface area contributed by atoms with Gasteiger partial charge in [0.25, 0.3) is 0 Å². The van der Waals surface area contributed by atoms with E-state index in [0.29, 0.717) is 0 Å². The van der Waals surface area contributed by atoms with Crippen molar-refractivity contribution in [3.05, 3.63) is 30.0 Å². The number of benzene rings is 1. The maximum absolute atomic E-state index is 13.2. The first-order chi connectivity index (χ1) is 9.96. The summed E-state index contributed by atoms with van der Waals surface area (Å²) in [6.45, 7) is 0. The molecule has 21 heavy (non-hydrogen) atoms. The van der Waals surface area contributed by atoms with Crippen LogP contribution in [0.15, 0.2) is 24.3 Å². The first kappa shape index (κ1) is 14.2. The third-order valence-electron chi connectivity index (χ3n) is 4.35. The molecule has 0 radical (unpaired) electrons. The van der Waals surface area contributed by atoms with Gasteiger partial charge in [-0.3, -0.25) is 9.48 Å². The molecule has 2 aromatic rings. The lowest BCUT2D eigenvalue weighted by Crippen LogP contribution is -2.29. The molecular formula is C16H18F2N2O. The van der Waals surface area contributed by atoms with E-state index in [9.17, 15) is 13.6 Å². The molecule has 112 valence electrons. The summed E-state index contributed by atoms with van der Waals surface area (Å²) in [6.07, 6.45) is 0.462. The van der Waals surface area contributed by atoms with Crippen LogP contribution >= 0.6 is 0 Å². The van der Waals surface area contributed by atoms with Crippen LogP contribution in [0.5, 0.6) is 0 Å². The van der Waals surface area contributed by atoms with Gasteiger partial charge < -0.3 is 0 Å². The zero-order chi connectivity index (χ0) is 15.0. The summed E-state index contributed by atoms with van der Waals surface area (Å²) in [5.74, 6) is -2.80. The average molecular weight is 292 g/mol. The quantitative estimate of drug-likeness (QED) is 0.867. The second-order valence-corrected chi connectivity index (χ2v) is 5.86. The number of nitrogens with zero attached hydrogens (tertiary/aromatic N) is 2. The SMILES string of the molecule is Cn1nc(CC(=O)C2CCC(F)(F)CC2)c2ccccc21. The minimum absolute atomic E-state index is 0.0364. The van der Waals surface area contributed by atoms with Gasteiger partial charge in [-0.25, -0.2) is 8.78 Å². The molecule has 0 amide bonds. The fraction of sp³-hybridized carbons (Fsp3) is 0.500. The smallest absolute Gasteiger partial charge is 0.248 e. The summed E-state index contributed by atoms with van der Waals surface area (Å²) >= 11 is 0. The molecule has 1 fully saturated rings. The van der Waals surface area contributed by atoms with Crippen molar-refractivity contribution in [2.75, 3.05) is 0 Å². The van der Waals surface area contributed by atoms with Crippen molar-refractivity contribution in [2.24, 2.45) is 13.0 Å². The topological polar surface area (TPSA) is 34.9 Å². The number of halogens is 2. The fourth-order valence-electron chi connectivity index (χ4n) is 3.09. The monoisotopic (exact) mass is 292 g/mol. The molecule has 0 N–H and O–H groups in total. The lowest BCUT2D eigenvalue weighted by atomic mass is 9.83. The van der Waals surface area contributed by atoms with Crippen LogP contribution in [-0.4, -0.2) is 21.5 Å². The Morgan fingerprint density at radius 2 is 2.00 bits per heavy atom. The van der Waals surface area contributed by atoms with Crippen molar-refractivity contribution in [1.82, 2.24) is 9.78 Å². The molecule has 1 heterocycles. The first-order valence-corrected chi connectivity index (χ1v) is 7.27. The Morgan fingerprint density at radius 1 is 1.33 bits per heavy atom. The van der Waals surface area contributed by atoms with Gasteiger partial charge in [-0.15, -0.1) is 0 Å². The van der Waals surface area contributed by atoms with E-state index in [1.807, 2.05) is 31.3 Å². The van der Waals surface area contributed by atoms with E-state index in [4.69, 9.17) is 0 Å². The number of aromatic nitrogens is 2. The lowest BCUT2D eigenvalue weighted by Gasteiger charge is -2.27. The van der Waals surface area contributed by atoms with Crippen LogP contribution in [0.25, 0.3) is 10.9 Å². The van der Waals surface area contributed by atoms with Gasteiger partial charge in [0.2, 0.25) is 5.92 Å². The average Bonchev–Trinajstić information content (AvgIpc) is 2.76. The number of Topliss-reactive ketones (excluding diaryl/α,β-unsaturated/α-hetero) is 1. The summed E-state index contributed by atoms with van der Waals surface area (Å²) in [5.41, 5.74) is 1.73. The molecule has 0 atom stereocenters. The lowest BCUT2D eigenvalue weighted by molar-refractivity contribution is -0.126. The number of hydrogen-bond acceptors (Lipinski definition) is 2. The van der Waals surface area contributed by atoms with Crippen molar-refractivity contribution in [3.63, 3.8) is 0 Å². The molecule has 3 rings (SSSR count). The maximum Gasteiger partial charge on any atom is 0.248 e. The number of ketones is 1. The summed E-state index contributed by atoms with van der Waals surface area (Å²) in [5, 5.41) is 5.37. The summed E-state index contributed by atoms with van der Waals surface area (Å²) in [6, 6.07) is 7.75. The van der Waals surface area contributed by atoms with E-state index in [0.717, 1.165) is 16.6 Å². The van der Waals surface area contributed by atoms with Crippen molar-refractivity contribution in [2.45, 2.75) is 38.0 Å². The van der Waals surface area contributed by atoms with E-state index >= 15 is 0 Å². The van der Waals surface area contributed by atoms with Gasteiger partial charge in [0.05, 0.1) is 17.6 Å². The number of hydrogen-bond donors (Lipinski definition) is 0. The molecule has 0 spiro atoms. The van der Waals surface area contributed by atoms with Gasteiger partial charge in [0, 0.05) is 31.2 Å². The Kier molecular flexibility index (Phi) is 3.51. The second-order valence-electron chi connectivity index (χ2n) is 5.86. The number of aryl methyl sites for hydroxylation is 1. The van der Waals surface area contributed by atoms with Gasteiger partial charge in [-0.05, 0) is 18.9 Å². The molecular weight excluding hydrogens is 274 g/mol. The summed E-state index contributed by atoms with van der Waals surface area (Å²) < 4.78 is 28.1. The standard InChI is InChI=1S/C16H18F2N2O/c1-20-14-5-3-2-4-12(14)13(19-20)10-15(21)11-6-8-16(17,18)9-7-11/h2-5,11H,6-10H2,1H3. The van der Waals surface area contributed by atoms with Gasteiger partial charge in [-0.1, -0.05) is 18.2 Å². The van der Waals surface area contributed by atoms with Crippen LogP contribution in [0.1, 0.15) is 31.4 Å². The minimum Gasteiger partial charge on any atom is -0.299 e. The van der Waals surface area contributed by atoms with Crippen LogP contribution < -0.4 is 0 Å². The number of rotatable bonds is 3. The van der Waals surface area contributed by atoms with Crippen LogP contribution in [0, 0.1) is 5.92 Å². The number of carbonyl (C=O) groups excluding carboxylic acids is 1.